The number of hydrogen-bond donors (Lipinski definition) is 1. The summed E-state index contributed by atoms with van der Waals surface area (Å²) in [5.74, 6) is 0.670. The minimum atomic E-state index is -0.290. The molecule has 0 saturated carbocycles. The lowest BCUT2D eigenvalue weighted by Crippen LogP contribution is -2.27. The summed E-state index contributed by atoms with van der Waals surface area (Å²) in [6.07, 6.45) is 1.54. The predicted molar refractivity (Wildman–Crippen MR) is 94.0 cm³/mol. The van der Waals surface area contributed by atoms with Gasteiger partial charge in [-0.3, -0.25) is 4.79 Å². The van der Waals surface area contributed by atoms with E-state index in [4.69, 9.17) is 8.94 Å². The molecule has 0 saturated heterocycles. The van der Waals surface area contributed by atoms with E-state index >= 15 is 0 Å². The highest BCUT2D eigenvalue weighted by Crippen LogP contribution is 2.25. The van der Waals surface area contributed by atoms with Crippen LogP contribution in [0, 0.1) is 0 Å². The molecule has 0 spiro atoms. The lowest BCUT2D eigenvalue weighted by molar-refractivity contribution is 0.0931. The van der Waals surface area contributed by atoms with Crippen LogP contribution in [0.15, 0.2) is 75.9 Å². The van der Waals surface area contributed by atoms with E-state index in [0.717, 1.165) is 16.3 Å². The molecule has 0 fully saturated rings. The molecule has 0 bridgehead atoms. The molecule has 1 atom stereocenters. The van der Waals surface area contributed by atoms with Crippen molar-refractivity contribution in [3.8, 4) is 11.5 Å². The summed E-state index contributed by atoms with van der Waals surface area (Å²) in [6.45, 7) is 1.95. The quantitative estimate of drug-likeness (QED) is 0.594. The van der Waals surface area contributed by atoms with Gasteiger partial charge in [-0.25, -0.2) is 0 Å². The highest BCUT2D eigenvalue weighted by atomic mass is 16.5. The van der Waals surface area contributed by atoms with Crippen LogP contribution in [0.2, 0.25) is 0 Å². The molecule has 2 aromatic carbocycles. The first-order chi connectivity index (χ1) is 12.2. The number of fused-ring (bicyclic) bond motifs is 1. The molecule has 4 aromatic rings. The zero-order valence-corrected chi connectivity index (χ0v) is 13.6. The van der Waals surface area contributed by atoms with Gasteiger partial charge in [0.15, 0.2) is 11.5 Å². The second-order valence-electron chi connectivity index (χ2n) is 5.82. The van der Waals surface area contributed by atoms with Gasteiger partial charge in [0.1, 0.15) is 0 Å². The maximum Gasteiger partial charge on any atom is 0.273 e. The van der Waals surface area contributed by atoms with E-state index in [1.165, 1.54) is 0 Å². The minimum Gasteiger partial charge on any atom is -0.461 e. The van der Waals surface area contributed by atoms with E-state index in [0.29, 0.717) is 11.5 Å². The maximum absolute atomic E-state index is 12.5. The number of nitrogens with zero attached hydrogens (tertiary/aromatic N) is 1. The first-order valence-corrected chi connectivity index (χ1v) is 8.01. The van der Waals surface area contributed by atoms with Gasteiger partial charge in [-0.15, -0.1) is 0 Å². The van der Waals surface area contributed by atoms with Gasteiger partial charge in [-0.05, 0) is 35.4 Å². The largest absolute Gasteiger partial charge is 0.461 e. The van der Waals surface area contributed by atoms with Crippen LogP contribution in [0.4, 0.5) is 0 Å². The van der Waals surface area contributed by atoms with Gasteiger partial charge in [0.05, 0.1) is 12.3 Å². The van der Waals surface area contributed by atoms with Gasteiger partial charge in [0.25, 0.3) is 5.91 Å². The Morgan fingerprint density at radius 2 is 1.88 bits per heavy atom. The molecule has 1 N–H and O–H groups in total. The van der Waals surface area contributed by atoms with Gasteiger partial charge in [0.2, 0.25) is 5.76 Å². The van der Waals surface area contributed by atoms with Crippen LogP contribution in [0.3, 0.4) is 0 Å². The second kappa shape index (κ2) is 6.28. The Bertz CT molecular complexity index is 1010. The first kappa shape index (κ1) is 15.2. The lowest BCUT2D eigenvalue weighted by atomic mass is 9.99. The van der Waals surface area contributed by atoms with Crippen LogP contribution in [0.5, 0.6) is 0 Å². The number of aromatic nitrogens is 1. The molecule has 0 radical (unpaired) electrons. The van der Waals surface area contributed by atoms with Gasteiger partial charge in [0, 0.05) is 6.07 Å². The van der Waals surface area contributed by atoms with Crippen molar-refractivity contribution in [2.75, 3.05) is 0 Å². The predicted octanol–water partition coefficient (Wildman–Crippen LogP) is 4.58. The van der Waals surface area contributed by atoms with Crippen LogP contribution >= 0.6 is 0 Å². The van der Waals surface area contributed by atoms with Crippen molar-refractivity contribution in [3.63, 3.8) is 0 Å². The first-order valence-electron chi connectivity index (χ1n) is 8.01. The fraction of sp³-hybridized carbons (Fsp3) is 0.100. The lowest BCUT2D eigenvalue weighted by Gasteiger charge is -2.15. The minimum absolute atomic E-state index is 0.164. The summed E-state index contributed by atoms with van der Waals surface area (Å²) in [5.41, 5.74) is 1.28. The summed E-state index contributed by atoms with van der Waals surface area (Å²) in [5, 5.41) is 9.07. The number of benzene rings is 2. The third-order valence-corrected chi connectivity index (χ3v) is 4.14. The number of amides is 1. The van der Waals surface area contributed by atoms with Crippen molar-refractivity contribution in [3.05, 3.63) is 78.2 Å². The molecule has 5 heteroatoms. The molecule has 5 nitrogen and oxygen atoms in total. The van der Waals surface area contributed by atoms with Crippen LogP contribution in [-0.4, -0.2) is 11.1 Å². The number of rotatable bonds is 4. The molecule has 124 valence electrons. The zero-order chi connectivity index (χ0) is 17.2. The Hall–Kier alpha value is -3.34. The molecule has 1 amide bonds. The van der Waals surface area contributed by atoms with E-state index in [1.807, 2.05) is 31.2 Å². The molecule has 0 unspecified atom stereocenters. The molecule has 4 rings (SSSR count). The van der Waals surface area contributed by atoms with Crippen LogP contribution in [-0.2, 0) is 0 Å². The van der Waals surface area contributed by atoms with Crippen molar-refractivity contribution >= 4 is 16.7 Å². The SMILES string of the molecule is C[C@@H](NC(=O)c1cc(-c2ccco2)on1)c1cccc2ccccc12. The molecule has 2 aromatic heterocycles. The van der Waals surface area contributed by atoms with Crippen molar-refractivity contribution < 1.29 is 13.7 Å². The standard InChI is InChI=1S/C20H16N2O3/c1-13(15-9-4-7-14-6-2-3-8-16(14)15)21-20(23)17-12-19(25-22-17)18-10-5-11-24-18/h2-13H,1H3,(H,21,23)/t13-/m1/s1. The van der Waals surface area contributed by atoms with Crippen molar-refractivity contribution in [1.82, 2.24) is 10.5 Å². The van der Waals surface area contributed by atoms with Gasteiger partial charge >= 0.3 is 0 Å². The van der Waals surface area contributed by atoms with Crippen LogP contribution < -0.4 is 5.32 Å². The molecular weight excluding hydrogens is 316 g/mol. The Kier molecular flexibility index (Phi) is 3.82. The third-order valence-electron chi connectivity index (χ3n) is 4.14. The number of nitrogens with one attached hydrogen (secondary N) is 1. The molecule has 0 aliphatic heterocycles. The highest BCUT2D eigenvalue weighted by Gasteiger charge is 2.18. The summed E-state index contributed by atoms with van der Waals surface area (Å²) in [4.78, 5) is 12.5. The van der Waals surface area contributed by atoms with E-state index in [1.54, 1.807) is 24.5 Å². The van der Waals surface area contributed by atoms with E-state index in [-0.39, 0.29) is 17.6 Å². The van der Waals surface area contributed by atoms with Crippen molar-refractivity contribution in [2.45, 2.75) is 13.0 Å². The van der Waals surface area contributed by atoms with Crippen molar-refractivity contribution in [1.29, 1.82) is 0 Å². The summed E-state index contributed by atoms with van der Waals surface area (Å²) < 4.78 is 10.4. The molecule has 0 aliphatic rings. The van der Waals surface area contributed by atoms with Crippen LogP contribution in [0.1, 0.15) is 29.0 Å². The van der Waals surface area contributed by atoms with Gasteiger partial charge in [-0.1, -0.05) is 47.6 Å². The summed E-state index contributed by atoms with van der Waals surface area (Å²) >= 11 is 0. The maximum atomic E-state index is 12.5. The average Bonchev–Trinajstić information content (AvgIpc) is 3.32. The smallest absolute Gasteiger partial charge is 0.273 e. The number of hydrogen-bond acceptors (Lipinski definition) is 4. The fourth-order valence-electron chi connectivity index (χ4n) is 2.89. The number of carbonyl (C=O) groups is 1. The monoisotopic (exact) mass is 332 g/mol. The molecule has 25 heavy (non-hydrogen) atoms. The molecular formula is C20H16N2O3. The van der Waals surface area contributed by atoms with Gasteiger partial charge < -0.3 is 14.3 Å². The second-order valence-corrected chi connectivity index (χ2v) is 5.82. The Labute approximate surface area is 144 Å². The van der Waals surface area contributed by atoms with E-state index in [9.17, 15) is 4.79 Å². The normalized spacial score (nSPS) is 12.2. The van der Waals surface area contributed by atoms with Crippen LogP contribution in [0.25, 0.3) is 22.3 Å². The van der Waals surface area contributed by atoms with Gasteiger partial charge in [-0.2, -0.15) is 0 Å². The van der Waals surface area contributed by atoms with E-state index in [2.05, 4.69) is 28.7 Å². The topological polar surface area (TPSA) is 68.3 Å². The summed E-state index contributed by atoms with van der Waals surface area (Å²) in [6, 6.07) is 19.1. The number of carbonyl (C=O) groups excluding carboxylic acids is 1. The zero-order valence-electron chi connectivity index (χ0n) is 13.6. The highest BCUT2D eigenvalue weighted by molar-refractivity contribution is 5.94. The molecule has 2 heterocycles. The Balaban J connectivity index is 1.56. The fourth-order valence-corrected chi connectivity index (χ4v) is 2.89. The Morgan fingerprint density at radius 3 is 2.72 bits per heavy atom. The molecule has 0 aliphatic carbocycles. The Morgan fingerprint density at radius 1 is 1.04 bits per heavy atom. The van der Waals surface area contributed by atoms with E-state index < -0.39 is 0 Å². The number of furan rings is 1. The average molecular weight is 332 g/mol. The third kappa shape index (κ3) is 2.92. The summed E-state index contributed by atoms with van der Waals surface area (Å²) in [7, 11) is 0. The van der Waals surface area contributed by atoms with Crippen molar-refractivity contribution in [2.24, 2.45) is 0 Å².